The van der Waals surface area contributed by atoms with Gasteiger partial charge in [-0.15, -0.1) is 13.2 Å². The SMILES string of the molecule is FC(F)(F)N1O[CH]C=C1C1CCCC1. The minimum Gasteiger partial charge on any atom is -0.255 e. The van der Waals surface area contributed by atoms with Gasteiger partial charge in [-0.2, -0.15) is 5.06 Å². The summed E-state index contributed by atoms with van der Waals surface area (Å²) in [5, 5.41) is 0.0724. The molecule has 2 aliphatic rings. The minimum absolute atomic E-state index is 0.00961. The van der Waals surface area contributed by atoms with Crippen LogP contribution in [0.15, 0.2) is 11.8 Å². The maximum atomic E-state index is 12.4. The van der Waals surface area contributed by atoms with Crippen molar-refractivity contribution in [1.29, 1.82) is 0 Å². The lowest BCUT2D eigenvalue weighted by atomic mass is 10.0. The Morgan fingerprint density at radius 1 is 1.29 bits per heavy atom. The molecule has 79 valence electrons. The van der Waals surface area contributed by atoms with Crippen LogP contribution in [0, 0.1) is 12.5 Å². The van der Waals surface area contributed by atoms with Gasteiger partial charge >= 0.3 is 6.30 Å². The molecule has 2 rings (SSSR count). The van der Waals surface area contributed by atoms with Gasteiger partial charge in [0.05, 0.1) is 5.70 Å². The third-order valence-corrected chi connectivity index (χ3v) is 2.64. The fourth-order valence-corrected chi connectivity index (χ4v) is 2.02. The number of hydrogen-bond donors (Lipinski definition) is 0. The molecule has 0 aromatic rings. The van der Waals surface area contributed by atoms with E-state index in [4.69, 9.17) is 0 Å². The van der Waals surface area contributed by atoms with Crippen LogP contribution in [-0.2, 0) is 4.84 Å². The second-order valence-electron chi connectivity index (χ2n) is 3.58. The van der Waals surface area contributed by atoms with Gasteiger partial charge in [0.15, 0.2) is 0 Å². The molecule has 1 saturated carbocycles. The molecule has 0 unspecified atom stereocenters. The second-order valence-corrected chi connectivity index (χ2v) is 3.58. The highest BCUT2D eigenvalue weighted by Gasteiger charge is 2.44. The summed E-state index contributed by atoms with van der Waals surface area (Å²) in [7, 11) is 0. The van der Waals surface area contributed by atoms with Gasteiger partial charge in [0, 0.05) is 5.92 Å². The van der Waals surface area contributed by atoms with Crippen molar-refractivity contribution in [2.45, 2.75) is 32.0 Å². The molecule has 2 nitrogen and oxygen atoms in total. The van der Waals surface area contributed by atoms with Gasteiger partial charge in [0.25, 0.3) is 0 Å². The Morgan fingerprint density at radius 3 is 2.50 bits per heavy atom. The Kier molecular flexibility index (Phi) is 2.43. The number of alkyl halides is 3. The summed E-state index contributed by atoms with van der Waals surface area (Å²) in [6.07, 6.45) is 0.664. The summed E-state index contributed by atoms with van der Waals surface area (Å²) >= 11 is 0. The molecular weight excluding hydrogens is 195 g/mol. The molecule has 0 aromatic carbocycles. The quantitative estimate of drug-likeness (QED) is 0.611. The summed E-state index contributed by atoms with van der Waals surface area (Å²) in [4.78, 5) is 4.43. The standard InChI is InChI=1S/C9H11F3NO/c10-9(11,12)13-8(5-6-14-13)7-3-1-2-4-7/h5-7H,1-4H2. The van der Waals surface area contributed by atoms with Crippen molar-refractivity contribution >= 4 is 0 Å². The molecule has 0 N–H and O–H groups in total. The molecule has 0 amide bonds. The van der Waals surface area contributed by atoms with E-state index in [0.717, 1.165) is 32.3 Å². The minimum atomic E-state index is -4.43. The van der Waals surface area contributed by atoms with Gasteiger partial charge < -0.3 is 0 Å². The van der Waals surface area contributed by atoms with E-state index in [1.165, 1.54) is 6.08 Å². The Balaban J connectivity index is 2.09. The summed E-state index contributed by atoms with van der Waals surface area (Å²) < 4.78 is 37.2. The van der Waals surface area contributed by atoms with Crippen molar-refractivity contribution in [3.63, 3.8) is 0 Å². The molecule has 0 saturated heterocycles. The van der Waals surface area contributed by atoms with Crippen LogP contribution >= 0.6 is 0 Å². The van der Waals surface area contributed by atoms with E-state index in [-0.39, 0.29) is 16.7 Å². The molecule has 0 spiro atoms. The maximum absolute atomic E-state index is 12.4. The number of hydrogen-bond acceptors (Lipinski definition) is 2. The molecule has 1 aliphatic carbocycles. The lowest BCUT2D eigenvalue weighted by Crippen LogP contribution is -2.35. The van der Waals surface area contributed by atoms with Crippen molar-refractivity contribution in [2.24, 2.45) is 5.92 Å². The highest BCUT2D eigenvalue weighted by atomic mass is 19.4. The average molecular weight is 206 g/mol. The van der Waals surface area contributed by atoms with Gasteiger partial charge in [0.1, 0.15) is 6.61 Å². The van der Waals surface area contributed by atoms with Crippen LogP contribution in [0.2, 0.25) is 0 Å². The first-order valence-electron chi connectivity index (χ1n) is 4.66. The van der Waals surface area contributed by atoms with E-state index in [2.05, 4.69) is 4.84 Å². The predicted molar refractivity (Wildman–Crippen MR) is 43.3 cm³/mol. The lowest BCUT2D eigenvalue weighted by molar-refractivity contribution is -0.337. The zero-order valence-corrected chi connectivity index (χ0v) is 7.55. The van der Waals surface area contributed by atoms with E-state index in [0.29, 0.717) is 0 Å². The molecular formula is C9H11F3NO. The zero-order valence-electron chi connectivity index (χ0n) is 7.55. The van der Waals surface area contributed by atoms with Crippen LogP contribution in [0.1, 0.15) is 25.7 Å². The molecule has 14 heavy (non-hydrogen) atoms. The molecule has 0 bridgehead atoms. The largest absolute Gasteiger partial charge is 0.508 e. The van der Waals surface area contributed by atoms with E-state index in [1.54, 1.807) is 0 Å². The van der Waals surface area contributed by atoms with E-state index >= 15 is 0 Å². The van der Waals surface area contributed by atoms with Gasteiger partial charge in [0.2, 0.25) is 0 Å². The van der Waals surface area contributed by atoms with E-state index < -0.39 is 6.30 Å². The number of hydroxylamine groups is 2. The van der Waals surface area contributed by atoms with Crippen LogP contribution in [-0.4, -0.2) is 11.4 Å². The van der Waals surface area contributed by atoms with Crippen LogP contribution in [0.3, 0.4) is 0 Å². The normalized spacial score (nSPS) is 24.5. The average Bonchev–Trinajstić information content (AvgIpc) is 2.73. The van der Waals surface area contributed by atoms with Gasteiger partial charge in [-0.1, -0.05) is 12.8 Å². The topological polar surface area (TPSA) is 12.5 Å². The summed E-state index contributed by atoms with van der Waals surface area (Å²) in [5.41, 5.74) is 0.259. The highest BCUT2D eigenvalue weighted by Crippen LogP contribution is 2.40. The number of halogens is 3. The molecule has 5 heteroatoms. The molecule has 0 atom stereocenters. The number of nitrogens with zero attached hydrogens (tertiary/aromatic N) is 1. The molecule has 1 aliphatic heterocycles. The van der Waals surface area contributed by atoms with Gasteiger partial charge in [-0.05, 0) is 18.9 Å². The van der Waals surface area contributed by atoms with Gasteiger partial charge in [-0.25, -0.2) is 0 Å². The molecule has 1 heterocycles. The first-order valence-corrected chi connectivity index (χ1v) is 4.66. The van der Waals surface area contributed by atoms with Crippen LogP contribution in [0.5, 0.6) is 0 Å². The number of allylic oxidation sites excluding steroid dienone is 1. The van der Waals surface area contributed by atoms with Crippen LogP contribution in [0.25, 0.3) is 0 Å². The summed E-state index contributed by atoms with van der Waals surface area (Å²) in [6.45, 7) is 1.10. The number of rotatable bonds is 1. The van der Waals surface area contributed by atoms with Crippen molar-refractivity contribution < 1.29 is 18.0 Å². The van der Waals surface area contributed by atoms with Crippen molar-refractivity contribution in [3.8, 4) is 0 Å². The zero-order chi connectivity index (χ0) is 10.2. The van der Waals surface area contributed by atoms with Crippen molar-refractivity contribution in [2.75, 3.05) is 0 Å². The fraction of sp³-hybridized carbons (Fsp3) is 0.667. The summed E-state index contributed by atoms with van der Waals surface area (Å²) in [6, 6.07) is 0. The predicted octanol–water partition coefficient (Wildman–Crippen LogP) is 2.99. The molecule has 1 fully saturated rings. The first-order chi connectivity index (χ1) is 6.59. The fourth-order valence-electron chi connectivity index (χ4n) is 2.02. The van der Waals surface area contributed by atoms with Gasteiger partial charge in [-0.3, -0.25) is 4.84 Å². The lowest BCUT2D eigenvalue weighted by Gasteiger charge is -2.25. The van der Waals surface area contributed by atoms with E-state index in [1.807, 2.05) is 0 Å². The Morgan fingerprint density at radius 2 is 1.93 bits per heavy atom. The summed E-state index contributed by atoms with van der Waals surface area (Å²) in [5.74, 6) is 0.00961. The first kappa shape index (κ1) is 9.83. The highest BCUT2D eigenvalue weighted by molar-refractivity contribution is 5.13. The second kappa shape index (κ2) is 3.46. The van der Waals surface area contributed by atoms with Crippen LogP contribution in [0.4, 0.5) is 13.2 Å². The van der Waals surface area contributed by atoms with Crippen molar-refractivity contribution in [3.05, 3.63) is 18.4 Å². The maximum Gasteiger partial charge on any atom is 0.508 e. The molecule has 0 aromatic heterocycles. The Labute approximate surface area is 80.3 Å². The molecule has 1 radical (unpaired) electrons. The van der Waals surface area contributed by atoms with E-state index in [9.17, 15) is 13.2 Å². The third kappa shape index (κ3) is 1.73. The van der Waals surface area contributed by atoms with Crippen molar-refractivity contribution in [1.82, 2.24) is 5.06 Å². The Hall–Kier alpha value is -0.710. The monoisotopic (exact) mass is 206 g/mol. The Bertz CT molecular complexity index is 243. The smallest absolute Gasteiger partial charge is 0.255 e. The van der Waals surface area contributed by atoms with Crippen LogP contribution < -0.4 is 0 Å². The third-order valence-electron chi connectivity index (χ3n) is 2.64.